The number of carbonyl (C=O) groups excluding carboxylic acids is 2. The minimum atomic E-state index is -0.780. The van der Waals surface area contributed by atoms with Crippen LogP contribution in [0.4, 0.5) is 17.1 Å². The maximum Gasteiger partial charge on any atom is 0.338 e. The van der Waals surface area contributed by atoms with Crippen LogP contribution < -0.4 is 10.2 Å². The van der Waals surface area contributed by atoms with Crippen LogP contribution in [0.5, 0.6) is 0 Å². The first kappa shape index (κ1) is 20.3. The fourth-order valence-corrected chi connectivity index (χ4v) is 3.26. The summed E-state index contributed by atoms with van der Waals surface area (Å²) in [6, 6.07) is 11.6. The fraction of sp³-hybridized carbons (Fsp3) is 0.333. The van der Waals surface area contributed by atoms with E-state index in [1.165, 1.54) is 12.1 Å². The monoisotopic (exact) mass is 397 g/mol. The molecule has 0 radical (unpaired) electrons. The van der Waals surface area contributed by atoms with Gasteiger partial charge in [0, 0.05) is 24.8 Å². The van der Waals surface area contributed by atoms with E-state index in [0.717, 1.165) is 37.9 Å². The lowest BCUT2D eigenvalue weighted by atomic mass is 10.1. The summed E-state index contributed by atoms with van der Waals surface area (Å²) in [5.74, 6) is -1.26. The summed E-state index contributed by atoms with van der Waals surface area (Å²) in [5, 5.41) is 14.1. The van der Waals surface area contributed by atoms with E-state index >= 15 is 0 Å². The molecule has 8 heteroatoms. The molecule has 0 aliphatic carbocycles. The minimum Gasteiger partial charge on any atom is -0.452 e. The number of hydrogen-bond acceptors (Lipinski definition) is 6. The van der Waals surface area contributed by atoms with Gasteiger partial charge in [-0.15, -0.1) is 0 Å². The van der Waals surface area contributed by atoms with Crippen molar-refractivity contribution in [2.75, 3.05) is 29.9 Å². The number of hydrogen-bond donors (Lipinski definition) is 1. The SMILES string of the molecule is CCc1ccc(NC(=O)COC(=O)c2ccc(N3CCCC3)c([N+](=O)[O-])c2)cc1. The number of amides is 1. The van der Waals surface area contributed by atoms with Gasteiger partial charge in [-0.3, -0.25) is 14.9 Å². The Morgan fingerprint density at radius 2 is 1.83 bits per heavy atom. The van der Waals surface area contributed by atoms with Crippen LogP contribution in [0, 0.1) is 10.1 Å². The van der Waals surface area contributed by atoms with Crippen LogP contribution in [0.3, 0.4) is 0 Å². The van der Waals surface area contributed by atoms with Crippen molar-refractivity contribution in [2.45, 2.75) is 26.2 Å². The van der Waals surface area contributed by atoms with Gasteiger partial charge < -0.3 is 15.0 Å². The molecule has 2 aromatic carbocycles. The molecule has 152 valence electrons. The van der Waals surface area contributed by atoms with Gasteiger partial charge in [-0.1, -0.05) is 19.1 Å². The number of benzene rings is 2. The third-order valence-electron chi connectivity index (χ3n) is 4.83. The Kier molecular flexibility index (Phi) is 6.43. The van der Waals surface area contributed by atoms with Crippen LogP contribution >= 0.6 is 0 Å². The summed E-state index contributed by atoms with van der Waals surface area (Å²) in [4.78, 5) is 37.1. The number of anilines is 2. The van der Waals surface area contributed by atoms with Crippen molar-refractivity contribution in [1.29, 1.82) is 0 Å². The van der Waals surface area contributed by atoms with Crippen molar-refractivity contribution in [2.24, 2.45) is 0 Å². The fourth-order valence-electron chi connectivity index (χ4n) is 3.26. The lowest BCUT2D eigenvalue weighted by Crippen LogP contribution is -2.21. The number of esters is 1. The quantitative estimate of drug-likeness (QED) is 0.435. The maximum absolute atomic E-state index is 12.3. The number of ether oxygens (including phenoxy) is 1. The van der Waals surface area contributed by atoms with Gasteiger partial charge in [-0.25, -0.2) is 4.79 Å². The predicted molar refractivity (Wildman–Crippen MR) is 109 cm³/mol. The van der Waals surface area contributed by atoms with Crippen molar-refractivity contribution in [3.8, 4) is 0 Å². The van der Waals surface area contributed by atoms with E-state index in [-0.39, 0.29) is 11.3 Å². The van der Waals surface area contributed by atoms with E-state index in [4.69, 9.17) is 4.74 Å². The molecule has 0 spiro atoms. The Morgan fingerprint density at radius 3 is 2.45 bits per heavy atom. The third-order valence-corrected chi connectivity index (χ3v) is 4.83. The van der Waals surface area contributed by atoms with Crippen molar-refractivity contribution >= 4 is 28.9 Å². The van der Waals surface area contributed by atoms with Gasteiger partial charge in [0.2, 0.25) is 0 Å². The Morgan fingerprint density at radius 1 is 1.14 bits per heavy atom. The molecule has 0 bridgehead atoms. The van der Waals surface area contributed by atoms with Crippen molar-refractivity contribution < 1.29 is 19.2 Å². The summed E-state index contributed by atoms with van der Waals surface area (Å²) in [6.45, 7) is 3.07. The normalized spacial score (nSPS) is 13.2. The predicted octanol–water partition coefficient (Wildman–Crippen LogP) is 3.55. The van der Waals surface area contributed by atoms with Gasteiger partial charge in [0.15, 0.2) is 6.61 Å². The first-order chi connectivity index (χ1) is 14.0. The first-order valence-corrected chi connectivity index (χ1v) is 9.57. The molecule has 1 heterocycles. The lowest BCUT2D eigenvalue weighted by Gasteiger charge is -2.17. The van der Waals surface area contributed by atoms with E-state index in [1.807, 2.05) is 24.0 Å². The zero-order valence-corrected chi connectivity index (χ0v) is 16.2. The zero-order chi connectivity index (χ0) is 20.8. The topological polar surface area (TPSA) is 102 Å². The standard InChI is InChI=1S/C21H23N3O5/c1-2-15-5-8-17(9-6-15)22-20(25)14-29-21(26)16-7-10-18(19(13-16)24(27)28)23-11-3-4-12-23/h5-10,13H,2-4,11-12,14H2,1H3,(H,22,25). The molecule has 3 rings (SSSR count). The average Bonchev–Trinajstić information content (AvgIpc) is 3.27. The highest BCUT2D eigenvalue weighted by atomic mass is 16.6. The molecule has 1 amide bonds. The zero-order valence-electron chi connectivity index (χ0n) is 16.2. The summed E-state index contributed by atoms with van der Waals surface area (Å²) in [6.07, 6.45) is 2.86. The maximum atomic E-state index is 12.3. The van der Waals surface area contributed by atoms with E-state index in [2.05, 4.69) is 5.32 Å². The molecule has 8 nitrogen and oxygen atoms in total. The number of nitrogens with zero attached hydrogens (tertiary/aromatic N) is 2. The van der Waals surface area contributed by atoms with Gasteiger partial charge in [0.25, 0.3) is 11.6 Å². The summed E-state index contributed by atoms with van der Waals surface area (Å²) in [7, 11) is 0. The van der Waals surface area contributed by atoms with E-state index in [9.17, 15) is 19.7 Å². The third kappa shape index (κ3) is 5.10. The smallest absolute Gasteiger partial charge is 0.338 e. The van der Waals surface area contributed by atoms with E-state index in [1.54, 1.807) is 18.2 Å². The second-order valence-corrected chi connectivity index (χ2v) is 6.83. The molecule has 0 atom stereocenters. The second-order valence-electron chi connectivity index (χ2n) is 6.83. The summed E-state index contributed by atoms with van der Waals surface area (Å²) in [5.41, 5.74) is 2.15. The van der Waals surface area contributed by atoms with E-state index < -0.39 is 23.4 Å². The molecular weight excluding hydrogens is 374 g/mol. The summed E-state index contributed by atoms with van der Waals surface area (Å²) < 4.78 is 5.02. The Bertz CT molecular complexity index is 905. The average molecular weight is 397 g/mol. The van der Waals surface area contributed by atoms with Crippen LogP contribution in [0.2, 0.25) is 0 Å². The van der Waals surface area contributed by atoms with Gasteiger partial charge in [-0.2, -0.15) is 0 Å². The Labute approximate surface area is 168 Å². The highest BCUT2D eigenvalue weighted by molar-refractivity contribution is 5.96. The molecular formula is C21H23N3O5. The summed E-state index contributed by atoms with van der Waals surface area (Å²) >= 11 is 0. The number of aryl methyl sites for hydroxylation is 1. The number of carbonyl (C=O) groups is 2. The van der Waals surface area contributed by atoms with Crippen molar-refractivity contribution in [3.63, 3.8) is 0 Å². The van der Waals surface area contributed by atoms with Crippen molar-refractivity contribution in [3.05, 3.63) is 63.7 Å². The molecule has 1 aliphatic rings. The highest BCUT2D eigenvalue weighted by Crippen LogP contribution is 2.31. The lowest BCUT2D eigenvalue weighted by molar-refractivity contribution is -0.384. The molecule has 1 fully saturated rings. The number of nitro benzene ring substituents is 1. The second kappa shape index (κ2) is 9.18. The molecule has 0 unspecified atom stereocenters. The Balaban J connectivity index is 1.61. The molecule has 29 heavy (non-hydrogen) atoms. The Hall–Kier alpha value is -3.42. The molecule has 0 aromatic heterocycles. The van der Waals surface area contributed by atoms with Crippen molar-refractivity contribution in [1.82, 2.24) is 0 Å². The van der Waals surface area contributed by atoms with Gasteiger partial charge in [-0.05, 0) is 49.1 Å². The molecule has 2 aromatic rings. The number of rotatable bonds is 7. The van der Waals surface area contributed by atoms with Crippen LogP contribution in [0.25, 0.3) is 0 Å². The van der Waals surface area contributed by atoms with Crippen LogP contribution in [-0.4, -0.2) is 36.5 Å². The molecule has 0 saturated carbocycles. The van der Waals surface area contributed by atoms with Crippen LogP contribution in [0.1, 0.15) is 35.7 Å². The minimum absolute atomic E-state index is 0.0414. The van der Waals surface area contributed by atoms with Crippen LogP contribution in [0.15, 0.2) is 42.5 Å². The molecule has 1 saturated heterocycles. The first-order valence-electron chi connectivity index (χ1n) is 9.57. The number of nitro groups is 1. The largest absolute Gasteiger partial charge is 0.452 e. The highest BCUT2D eigenvalue weighted by Gasteiger charge is 2.24. The van der Waals surface area contributed by atoms with Crippen LogP contribution in [-0.2, 0) is 16.0 Å². The number of nitrogens with one attached hydrogen (secondary N) is 1. The van der Waals surface area contributed by atoms with Gasteiger partial charge in [0.05, 0.1) is 10.5 Å². The van der Waals surface area contributed by atoms with Gasteiger partial charge in [0.1, 0.15) is 5.69 Å². The van der Waals surface area contributed by atoms with Gasteiger partial charge >= 0.3 is 5.97 Å². The molecule has 1 N–H and O–H groups in total. The molecule has 1 aliphatic heterocycles. The van der Waals surface area contributed by atoms with E-state index in [0.29, 0.717) is 11.4 Å².